The summed E-state index contributed by atoms with van der Waals surface area (Å²) in [7, 11) is 0. The molecule has 0 bridgehead atoms. The Kier molecular flexibility index (Phi) is 2.58. The number of hydrogen-bond donors (Lipinski definition) is 1. The van der Waals surface area contributed by atoms with Gasteiger partial charge in [0.15, 0.2) is 6.29 Å². The maximum absolute atomic E-state index is 11.1. The van der Waals surface area contributed by atoms with Gasteiger partial charge in [-0.05, 0) is 17.5 Å². The molecule has 1 saturated heterocycles. The van der Waals surface area contributed by atoms with Crippen LogP contribution in [0.4, 0.5) is 0 Å². The zero-order valence-electron chi connectivity index (χ0n) is 9.01. The molecule has 1 aliphatic heterocycles. The number of primary amides is 1. The molecule has 0 saturated carbocycles. The van der Waals surface area contributed by atoms with Crippen molar-refractivity contribution in [2.45, 2.75) is 6.29 Å². The minimum atomic E-state index is -0.388. The quantitative estimate of drug-likeness (QED) is 0.886. The largest absolute Gasteiger partial charge is 0.365 e. The van der Waals surface area contributed by atoms with Crippen LogP contribution in [0.15, 0.2) is 24.3 Å². The minimum Gasteiger partial charge on any atom is -0.365 e. The zero-order valence-corrected chi connectivity index (χ0v) is 9.83. The van der Waals surface area contributed by atoms with Gasteiger partial charge in [-0.3, -0.25) is 4.79 Å². The normalized spacial score (nSPS) is 16.7. The molecule has 3 rings (SSSR count). The van der Waals surface area contributed by atoms with E-state index in [4.69, 9.17) is 15.2 Å². The van der Waals surface area contributed by atoms with Crippen molar-refractivity contribution < 1.29 is 14.3 Å². The number of nitrogens with two attached hydrogens (primary N) is 1. The highest BCUT2D eigenvalue weighted by atomic mass is 32.1. The lowest BCUT2D eigenvalue weighted by atomic mass is 10.1. The smallest absolute Gasteiger partial charge is 0.258 e. The van der Waals surface area contributed by atoms with Crippen molar-refractivity contribution in [3.05, 3.63) is 34.7 Å². The molecular formula is C12H11NO3S. The molecule has 0 radical (unpaired) electrons. The highest BCUT2D eigenvalue weighted by Gasteiger charge is 2.19. The molecule has 1 aromatic carbocycles. The monoisotopic (exact) mass is 249 g/mol. The summed E-state index contributed by atoms with van der Waals surface area (Å²) in [6, 6.07) is 7.71. The maximum atomic E-state index is 11.1. The van der Waals surface area contributed by atoms with Gasteiger partial charge in [0, 0.05) is 10.3 Å². The van der Waals surface area contributed by atoms with Gasteiger partial charge in [-0.25, -0.2) is 0 Å². The van der Waals surface area contributed by atoms with E-state index in [0.29, 0.717) is 18.1 Å². The van der Waals surface area contributed by atoms with Crippen molar-refractivity contribution in [1.29, 1.82) is 0 Å². The van der Waals surface area contributed by atoms with Gasteiger partial charge in [-0.1, -0.05) is 12.1 Å². The third-order valence-corrected chi connectivity index (χ3v) is 3.79. The molecule has 0 atom stereocenters. The molecule has 1 fully saturated rings. The Hall–Kier alpha value is -1.43. The Labute approximate surface area is 102 Å². The standard InChI is InChI=1S/C12H11NO3S/c13-11(14)10-5-7-1-2-8(6-9(7)17-10)12-15-3-4-16-12/h1-2,5-6,12H,3-4H2,(H2,13,14). The number of carbonyl (C=O) groups is 1. The van der Waals surface area contributed by atoms with Gasteiger partial charge in [-0.2, -0.15) is 0 Å². The van der Waals surface area contributed by atoms with Gasteiger partial charge in [0.05, 0.1) is 18.1 Å². The van der Waals surface area contributed by atoms with E-state index in [2.05, 4.69) is 0 Å². The Bertz CT molecular complexity index is 572. The van der Waals surface area contributed by atoms with Crippen LogP contribution >= 0.6 is 11.3 Å². The second-order valence-corrected chi connectivity index (χ2v) is 4.93. The van der Waals surface area contributed by atoms with Gasteiger partial charge in [0.25, 0.3) is 5.91 Å². The van der Waals surface area contributed by atoms with E-state index in [-0.39, 0.29) is 12.2 Å². The second kappa shape index (κ2) is 4.10. The van der Waals surface area contributed by atoms with Crippen molar-refractivity contribution in [2.24, 2.45) is 5.73 Å². The molecule has 0 aliphatic carbocycles. The Morgan fingerprint density at radius 2 is 2.06 bits per heavy atom. The fourth-order valence-corrected chi connectivity index (χ4v) is 2.83. The van der Waals surface area contributed by atoms with Crippen molar-refractivity contribution in [1.82, 2.24) is 0 Å². The van der Waals surface area contributed by atoms with Crippen LogP contribution < -0.4 is 5.73 Å². The number of carbonyl (C=O) groups excluding carboxylic acids is 1. The van der Waals surface area contributed by atoms with E-state index in [1.165, 1.54) is 11.3 Å². The SMILES string of the molecule is NC(=O)c1cc2ccc(C3OCCO3)cc2s1. The molecule has 2 aromatic rings. The number of thiophene rings is 1. The molecule has 0 spiro atoms. The molecule has 1 amide bonds. The molecule has 0 unspecified atom stereocenters. The third-order valence-electron chi connectivity index (χ3n) is 2.68. The average Bonchev–Trinajstić information content (AvgIpc) is 2.97. The van der Waals surface area contributed by atoms with Gasteiger partial charge < -0.3 is 15.2 Å². The van der Waals surface area contributed by atoms with Crippen LogP contribution in [0.5, 0.6) is 0 Å². The van der Waals surface area contributed by atoms with Crippen LogP contribution in [-0.2, 0) is 9.47 Å². The van der Waals surface area contributed by atoms with Gasteiger partial charge >= 0.3 is 0 Å². The molecule has 2 N–H and O–H groups in total. The Morgan fingerprint density at radius 1 is 1.29 bits per heavy atom. The van der Waals surface area contributed by atoms with Crippen molar-refractivity contribution >= 4 is 27.3 Å². The summed E-state index contributed by atoms with van der Waals surface area (Å²) in [5, 5.41) is 1.02. The van der Waals surface area contributed by atoms with E-state index in [9.17, 15) is 4.79 Å². The maximum Gasteiger partial charge on any atom is 0.258 e. The van der Waals surface area contributed by atoms with E-state index >= 15 is 0 Å². The lowest BCUT2D eigenvalue weighted by molar-refractivity contribution is -0.0440. The average molecular weight is 249 g/mol. The van der Waals surface area contributed by atoms with Crippen LogP contribution in [0.1, 0.15) is 21.5 Å². The predicted octanol–water partition coefficient (Wildman–Crippen LogP) is 2.05. The van der Waals surface area contributed by atoms with Crippen LogP contribution in [0, 0.1) is 0 Å². The zero-order chi connectivity index (χ0) is 11.8. The molecular weight excluding hydrogens is 238 g/mol. The van der Waals surface area contributed by atoms with Gasteiger partial charge in [0.1, 0.15) is 0 Å². The Morgan fingerprint density at radius 3 is 2.76 bits per heavy atom. The molecule has 17 heavy (non-hydrogen) atoms. The molecule has 2 heterocycles. The number of hydrogen-bond acceptors (Lipinski definition) is 4. The van der Waals surface area contributed by atoms with Gasteiger partial charge in [0.2, 0.25) is 0 Å². The summed E-state index contributed by atoms with van der Waals surface area (Å²) in [5.74, 6) is -0.388. The first-order chi connectivity index (χ1) is 8.24. The predicted molar refractivity (Wildman–Crippen MR) is 65.0 cm³/mol. The number of ether oxygens (including phenoxy) is 2. The Balaban J connectivity index is 2.02. The fourth-order valence-electron chi connectivity index (χ4n) is 1.87. The summed E-state index contributed by atoms with van der Waals surface area (Å²) in [6.45, 7) is 1.25. The first-order valence-corrected chi connectivity index (χ1v) is 6.12. The molecule has 5 heteroatoms. The number of rotatable bonds is 2. The van der Waals surface area contributed by atoms with Crippen LogP contribution in [0.2, 0.25) is 0 Å². The number of amides is 1. The fraction of sp³-hybridized carbons (Fsp3) is 0.250. The molecule has 4 nitrogen and oxygen atoms in total. The molecule has 88 valence electrons. The summed E-state index contributed by atoms with van der Waals surface area (Å²) in [4.78, 5) is 11.7. The number of benzene rings is 1. The second-order valence-electron chi connectivity index (χ2n) is 3.85. The molecule has 1 aromatic heterocycles. The minimum absolute atomic E-state index is 0.279. The van der Waals surface area contributed by atoms with E-state index in [0.717, 1.165) is 15.6 Å². The summed E-state index contributed by atoms with van der Waals surface area (Å²) >= 11 is 1.39. The number of fused-ring (bicyclic) bond motifs is 1. The van der Waals surface area contributed by atoms with Crippen molar-refractivity contribution in [2.75, 3.05) is 13.2 Å². The summed E-state index contributed by atoms with van der Waals surface area (Å²) < 4.78 is 11.9. The first-order valence-electron chi connectivity index (χ1n) is 5.30. The highest BCUT2D eigenvalue weighted by Crippen LogP contribution is 2.30. The van der Waals surface area contributed by atoms with Crippen LogP contribution in [0.25, 0.3) is 10.1 Å². The molecule has 1 aliphatic rings. The lowest BCUT2D eigenvalue weighted by Crippen LogP contribution is -2.07. The first kappa shape index (κ1) is 10.7. The van der Waals surface area contributed by atoms with Crippen molar-refractivity contribution in [3.8, 4) is 0 Å². The van der Waals surface area contributed by atoms with E-state index < -0.39 is 0 Å². The van der Waals surface area contributed by atoms with E-state index in [1.54, 1.807) is 0 Å². The summed E-state index contributed by atoms with van der Waals surface area (Å²) in [6.07, 6.45) is -0.279. The topological polar surface area (TPSA) is 61.6 Å². The summed E-state index contributed by atoms with van der Waals surface area (Å²) in [5.41, 5.74) is 6.24. The van der Waals surface area contributed by atoms with Gasteiger partial charge in [-0.15, -0.1) is 11.3 Å². The van der Waals surface area contributed by atoms with E-state index in [1.807, 2.05) is 24.3 Å². The third kappa shape index (κ3) is 1.93. The van der Waals surface area contributed by atoms with Crippen molar-refractivity contribution in [3.63, 3.8) is 0 Å². The highest BCUT2D eigenvalue weighted by molar-refractivity contribution is 7.20. The van der Waals surface area contributed by atoms with Crippen LogP contribution in [0.3, 0.4) is 0 Å². The lowest BCUT2D eigenvalue weighted by Gasteiger charge is -2.08. The van der Waals surface area contributed by atoms with Crippen LogP contribution in [-0.4, -0.2) is 19.1 Å².